The van der Waals surface area contributed by atoms with Crippen LogP contribution < -0.4 is 37.7 Å². The van der Waals surface area contributed by atoms with E-state index in [1.54, 1.807) is 0 Å². The third kappa shape index (κ3) is 3.98. The number of fused-ring (bicyclic) bond motifs is 6. The molecular weight excluding hydrogens is 564 g/mol. The molecule has 0 amide bonds. The highest BCUT2D eigenvalue weighted by molar-refractivity contribution is 7.02. The van der Waals surface area contributed by atoms with E-state index in [9.17, 15) is 0 Å². The Balaban J connectivity index is 1.42. The smallest absolute Gasteiger partial charge is 0.246 e. The standard InChI is InChI=1S/C44H45B2N/c1-41(2)26-43(5,6)32-24-38-36(22-30(32)41)45(28-16-11-9-12-17-28)34-20-15-21-35-40(34)47(38)39-25-33-31(42(3,4)27-44(33,7)8)23-37(39)46(35)29-18-13-10-14-19-29/h9-25H,26-27H2,1-8H3. The molecular formula is C44H45B2N. The minimum absolute atomic E-state index is 0.116. The molecule has 0 fully saturated rings. The van der Waals surface area contributed by atoms with Crippen LogP contribution in [0.25, 0.3) is 0 Å². The Bertz CT molecular complexity index is 1960. The maximum atomic E-state index is 2.71. The maximum absolute atomic E-state index is 2.71. The summed E-state index contributed by atoms with van der Waals surface area (Å²) < 4.78 is 0. The zero-order valence-electron chi connectivity index (χ0n) is 29.3. The molecule has 0 aromatic heterocycles. The number of nitrogens with zero attached hydrogens (tertiary/aromatic N) is 1. The van der Waals surface area contributed by atoms with Gasteiger partial charge in [-0.05, 0) is 90.7 Å². The predicted octanol–water partition coefficient (Wildman–Crippen LogP) is 6.73. The summed E-state index contributed by atoms with van der Waals surface area (Å²) in [5.74, 6) is 0. The molecule has 2 aliphatic heterocycles. The molecule has 0 saturated heterocycles. The van der Waals surface area contributed by atoms with Crippen molar-refractivity contribution >= 4 is 63.3 Å². The lowest BCUT2D eigenvalue weighted by Gasteiger charge is -2.45. The molecule has 47 heavy (non-hydrogen) atoms. The van der Waals surface area contributed by atoms with Crippen molar-refractivity contribution in [1.29, 1.82) is 0 Å². The van der Waals surface area contributed by atoms with Crippen molar-refractivity contribution in [2.45, 2.75) is 89.9 Å². The third-order valence-corrected chi connectivity index (χ3v) is 12.3. The first kappa shape index (κ1) is 29.2. The summed E-state index contributed by atoms with van der Waals surface area (Å²) in [6.07, 6.45) is 2.33. The number of para-hydroxylation sites is 1. The van der Waals surface area contributed by atoms with E-state index in [-0.39, 0.29) is 35.1 Å². The van der Waals surface area contributed by atoms with Crippen LogP contribution in [0.15, 0.2) is 103 Å². The molecule has 4 aliphatic rings. The predicted molar refractivity (Wildman–Crippen MR) is 205 cm³/mol. The molecule has 2 aliphatic carbocycles. The van der Waals surface area contributed by atoms with E-state index in [1.165, 1.54) is 72.1 Å². The van der Waals surface area contributed by atoms with Gasteiger partial charge in [-0.3, -0.25) is 0 Å². The van der Waals surface area contributed by atoms with Gasteiger partial charge in [-0.25, -0.2) is 0 Å². The lowest BCUT2D eigenvalue weighted by Crippen LogP contribution is -2.65. The summed E-state index contributed by atoms with van der Waals surface area (Å²) in [7, 11) is 0. The zero-order valence-corrected chi connectivity index (χ0v) is 29.3. The van der Waals surface area contributed by atoms with Crippen molar-refractivity contribution < 1.29 is 0 Å². The van der Waals surface area contributed by atoms with E-state index in [4.69, 9.17) is 0 Å². The van der Waals surface area contributed by atoms with Gasteiger partial charge in [0.1, 0.15) is 0 Å². The van der Waals surface area contributed by atoms with Gasteiger partial charge in [-0.15, -0.1) is 0 Å². The Labute approximate surface area is 282 Å². The highest BCUT2D eigenvalue weighted by Gasteiger charge is 2.49. The molecule has 0 bridgehead atoms. The first-order chi connectivity index (χ1) is 22.3. The second kappa shape index (κ2) is 9.34. The van der Waals surface area contributed by atoms with Crippen LogP contribution in [-0.2, 0) is 21.7 Å². The molecule has 0 saturated carbocycles. The van der Waals surface area contributed by atoms with Crippen LogP contribution in [0.3, 0.4) is 0 Å². The van der Waals surface area contributed by atoms with Gasteiger partial charge in [0, 0.05) is 17.1 Å². The molecule has 1 nitrogen and oxygen atoms in total. The van der Waals surface area contributed by atoms with Gasteiger partial charge in [0.05, 0.1) is 0 Å². The largest absolute Gasteiger partial charge is 0.313 e. The summed E-state index contributed by atoms with van der Waals surface area (Å²) in [5.41, 5.74) is 19.2. The van der Waals surface area contributed by atoms with Crippen LogP contribution in [0.2, 0.25) is 0 Å². The average Bonchev–Trinajstić information content (AvgIpc) is 3.33. The van der Waals surface area contributed by atoms with Crippen molar-refractivity contribution in [3.63, 3.8) is 0 Å². The van der Waals surface area contributed by atoms with Gasteiger partial charge in [-0.2, -0.15) is 0 Å². The SMILES string of the molecule is CC1(C)CC(C)(C)c2cc3c(cc21)B(c1ccccc1)c1cccc2c1N3c1cc3c(cc1B2c1ccccc1)C(C)(C)CC3(C)C. The minimum atomic E-state index is 0.116. The molecule has 232 valence electrons. The quantitative estimate of drug-likeness (QED) is 0.197. The van der Waals surface area contributed by atoms with Crippen LogP contribution in [0, 0.1) is 0 Å². The topological polar surface area (TPSA) is 3.24 Å². The number of rotatable bonds is 2. The summed E-state index contributed by atoms with van der Waals surface area (Å²) in [4.78, 5) is 2.71. The van der Waals surface area contributed by atoms with Crippen LogP contribution >= 0.6 is 0 Å². The zero-order chi connectivity index (χ0) is 32.7. The van der Waals surface area contributed by atoms with E-state index in [0.717, 1.165) is 12.8 Å². The molecule has 5 aromatic rings. The van der Waals surface area contributed by atoms with Gasteiger partial charge in [0.2, 0.25) is 13.4 Å². The van der Waals surface area contributed by atoms with E-state index in [0.29, 0.717) is 0 Å². The first-order valence-corrected chi connectivity index (χ1v) is 17.7. The molecule has 0 spiro atoms. The summed E-state index contributed by atoms with van der Waals surface area (Å²) >= 11 is 0. The van der Waals surface area contributed by atoms with Crippen molar-refractivity contribution in [2.24, 2.45) is 0 Å². The Morgan fingerprint density at radius 2 is 0.787 bits per heavy atom. The lowest BCUT2D eigenvalue weighted by molar-refractivity contribution is 0.403. The number of benzene rings is 5. The maximum Gasteiger partial charge on any atom is 0.246 e. The van der Waals surface area contributed by atoms with Gasteiger partial charge >= 0.3 is 0 Å². The van der Waals surface area contributed by atoms with E-state index in [2.05, 4.69) is 163 Å². The number of anilines is 3. The van der Waals surface area contributed by atoms with Gasteiger partial charge in [0.15, 0.2) is 0 Å². The normalized spacial score (nSPS) is 19.9. The van der Waals surface area contributed by atoms with Crippen molar-refractivity contribution in [3.8, 4) is 0 Å². The lowest BCUT2D eigenvalue weighted by atomic mass is 9.30. The van der Waals surface area contributed by atoms with Gasteiger partial charge in [-0.1, -0.05) is 157 Å². The van der Waals surface area contributed by atoms with Gasteiger partial charge in [0.25, 0.3) is 0 Å². The van der Waals surface area contributed by atoms with E-state index in [1.807, 2.05) is 0 Å². The Morgan fingerprint density at radius 3 is 1.17 bits per heavy atom. The summed E-state index contributed by atoms with van der Waals surface area (Å²) in [5, 5.41) is 0. The summed E-state index contributed by atoms with van der Waals surface area (Å²) in [6.45, 7) is 20.0. The molecule has 3 heteroatoms. The second-order valence-corrected chi connectivity index (χ2v) is 17.6. The Hall–Kier alpha value is -3.97. The van der Waals surface area contributed by atoms with E-state index < -0.39 is 0 Å². The highest BCUT2D eigenvalue weighted by Crippen LogP contribution is 2.53. The van der Waals surface area contributed by atoms with Crippen molar-refractivity contribution in [3.05, 3.63) is 125 Å². The second-order valence-electron chi connectivity index (χ2n) is 17.6. The molecule has 2 heterocycles. The van der Waals surface area contributed by atoms with Crippen LogP contribution in [-0.4, -0.2) is 13.4 Å². The number of hydrogen-bond donors (Lipinski definition) is 0. The van der Waals surface area contributed by atoms with Crippen molar-refractivity contribution in [1.82, 2.24) is 0 Å². The fraction of sp³-hybridized carbons (Fsp3) is 0.318. The summed E-state index contributed by atoms with van der Waals surface area (Å²) in [6, 6.07) is 40.2. The Kier molecular flexibility index (Phi) is 5.80. The fourth-order valence-corrected chi connectivity index (χ4v) is 10.9. The molecule has 0 unspecified atom stereocenters. The molecule has 0 N–H and O–H groups in total. The first-order valence-electron chi connectivity index (χ1n) is 17.7. The average molecular weight is 609 g/mol. The monoisotopic (exact) mass is 609 g/mol. The van der Waals surface area contributed by atoms with Gasteiger partial charge < -0.3 is 4.90 Å². The van der Waals surface area contributed by atoms with Crippen LogP contribution in [0.5, 0.6) is 0 Å². The van der Waals surface area contributed by atoms with E-state index >= 15 is 0 Å². The Morgan fingerprint density at radius 1 is 0.426 bits per heavy atom. The van der Waals surface area contributed by atoms with Crippen LogP contribution in [0.1, 0.15) is 90.5 Å². The molecule has 5 aromatic carbocycles. The highest BCUT2D eigenvalue weighted by atomic mass is 15.2. The van der Waals surface area contributed by atoms with Crippen molar-refractivity contribution in [2.75, 3.05) is 4.90 Å². The number of hydrogen-bond acceptors (Lipinski definition) is 1. The molecule has 9 rings (SSSR count). The minimum Gasteiger partial charge on any atom is -0.313 e. The third-order valence-electron chi connectivity index (χ3n) is 12.3. The fourth-order valence-electron chi connectivity index (χ4n) is 10.9. The van der Waals surface area contributed by atoms with Crippen LogP contribution in [0.4, 0.5) is 17.1 Å². The molecule has 0 radical (unpaired) electrons. The molecule has 0 atom stereocenters.